The van der Waals surface area contributed by atoms with Gasteiger partial charge in [0, 0.05) is 6.04 Å². The van der Waals surface area contributed by atoms with E-state index in [1.54, 1.807) is 0 Å². The Morgan fingerprint density at radius 1 is 1.21 bits per heavy atom. The van der Waals surface area contributed by atoms with Crippen LogP contribution in [0, 0.1) is 11.3 Å². The van der Waals surface area contributed by atoms with Crippen molar-refractivity contribution in [2.24, 2.45) is 0 Å². The fraction of sp³-hybridized carbons (Fsp3) is 0.917. The largest absolute Gasteiger partial charge is 0.297 e. The second-order valence-electron chi connectivity index (χ2n) is 4.38. The molecule has 0 aliphatic heterocycles. The van der Waals surface area contributed by atoms with E-state index in [-0.39, 0.29) is 5.54 Å². The highest BCUT2D eigenvalue weighted by atomic mass is 15.0. The summed E-state index contributed by atoms with van der Waals surface area (Å²) in [4.78, 5) is 0. The van der Waals surface area contributed by atoms with Gasteiger partial charge in [-0.15, -0.1) is 0 Å². The van der Waals surface area contributed by atoms with E-state index in [0.29, 0.717) is 6.04 Å². The van der Waals surface area contributed by atoms with Crippen molar-refractivity contribution >= 4 is 0 Å². The average Bonchev–Trinajstić information content (AvgIpc) is 2.28. The Balaban J connectivity index is 2.50. The summed E-state index contributed by atoms with van der Waals surface area (Å²) in [6.45, 7) is 4.20. The smallest absolute Gasteiger partial charge is 0.106 e. The van der Waals surface area contributed by atoms with E-state index in [4.69, 9.17) is 0 Å². The second kappa shape index (κ2) is 5.36. The first-order valence-corrected chi connectivity index (χ1v) is 5.95. The van der Waals surface area contributed by atoms with Crippen LogP contribution in [0.15, 0.2) is 0 Å². The molecule has 0 aromatic rings. The van der Waals surface area contributed by atoms with E-state index >= 15 is 0 Å². The van der Waals surface area contributed by atoms with Crippen molar-refractivity contribution < 1.29 is 0 Å². The third-order valence-corrected chi connectivity index (χ3v) is 3.51. The molecule has 80 valence electrons. The zero-order chi connectivity index (χ0) is 10.4. The quantitative estimate of drug-likeness (QED) is 0.746. The van der Waals surface area contributed by atoms with E-state index in [9.17, 15) is 5.26 Å². The molecule has 0 aromatic carbocycles. The zero-order valence-corrected chi connectivity index (χ0v) is 9.47. The molecule has 1 fully saturated rings. The number of hydrogen-bond donors (Lipinski definition) is 1. The van der Waals surface area contributed by atoms with Gasteiger partial charge in [-0.1, -0.05) is 33.1 Å². The Bertz CT molecular complexity index is 195. The summed E-state index contributed by atoms with van der Waals surface area (Å²) in [6.07, 6.45) is 8.36. The molecule has 14 heavy (non-hydrogen) atoms. The number of nitriles is 1. The van der Waals surface area contributed by atoms with Crippen molar-refractivity contribution in [3.63, 3.8) is 0 Å². The topological polar surface area (TPSA) is 35.8 Å². The Hall–Kier alpha value is -0.550. The molecule has 1 aliphatic carbocycles. The third-order valence-electron chi connectivity index (χ3n) is 3.51. The summed E-state index contributed by atoms with van der Waals surface area (Å²) in [5, 5.41) is 12.8. The lowest BCUT2D eigenvalue weighted by atomic mass is 9.89. The van der Waals surface area contributed by atoms with Gasteiger partial charge in [0.05, 0.1) is 6.07 Å². The van der Waals surface area contributed by atoms with Crippen molar-refractivity contribution in [1.82, 2.24) is 5.32 Å². The molecule has 0 aromatic heterocycles. The first kappa shape index (κ1) is 11.5. The fourth-order valence-corrected chi connectivity index (χ4v) is 2.28. The van der Waals surface area contributed by atoms with Gasteiger partial charge >= 0.3 is 0 Å². The maximum atomic E-state index is 9.19. The molecule has 2 nitrogen and oxygen atoms in total. The lowest BCUT2D eigenvalue weighted by Crippen LogP contribution is -2.49. The summed E-state index contributed by atoms with van der Waals surface area (Å²) < 4.78 is 0. The second-order valence-corrected chi connectivity index (χ2v) is 4.38. The Labute approximate surface area is 87.7 Å². The molecule has 0 atom stereocenters. The minimum Gasteiger partial charge on any atom is -0.297 e. The molecule has 0 spiro atoms. The van der Waals surface area contributed by atoms with Crippen LogP contribution in [0.4, 0.5) is 0 Å². The molecular weight excluding hydrogens is 172 g/mol. The fourth-order valence-electron chi connectivity index (χ4n) is 2.28. The summed E-state index contributed by atoms with van der Waals surface area (Å²) in [6, 6.07) is 3.04. The van der Waals surface area contributed by atoms with Crippen LogP contribution >= 0.6 is 0 Å². The van der Waals surface area contributed by atoms with Gasteiger partial charge < -0.3 is 0 Å². The normalized spacial score (nSPS) is 19.2. The lowest BCUT2D eigenvalue weighted by molar-refractivity contribution is 0.281. The van der Waals surface area contributed by atoms with Crippen LogP contribution in [0.2, 0.25) is 0 Å². The molecule has 1 N–H and O–H groups in total. The zero-order valence-electron chi connectivity index (χ0n) is 9.47. The molecular formula is C12H22N2. The summed E-state index contributed by atoms with van der Waals surface area (Å²) >= 11 is 0. The lowest BCUT2D eigenvalue weighted by Gasteiger charge is -2.33. The van der Waals surface area contributed by atoms with Crippen LogP contribution in [0.1, 0.15) is 58.8 Å². The first-order valence-electron chi connectivity index (χ1n) is 5.95. The molecule has 0 radical (unpaired) electrons. The maximum absolute atomic E-state index is 9.19. The molecule has 0 bridgehead atoms. The summed E-state index contributed by atoms with van der Waals surface area (Å²) in [7, 11) is 0. The van der Waals surface area contributed by atoms with E-state index < -0.39 is 0 Å². The number of nitrogens with zero attached hydrogens (tertiary/aromatic N) is 1. The minimum atomic E-state index is -0.262. The van der Waals surface area contributed by atoms with Gasteiger partial charge in [-0.25, -0.2) is 0 Å². The summed E-state index contributed by atoms with van der Waals surface area (Å²) in [5.41, 5.74) is -0.262. The number of hydrogen-bond acceptors (Lipinski definition) is 2. The van der Waals surface area contributed by atoms with Gasteiger partial charge in [0.1, 0.15) is 5.54 Å². The van der Waals surface area contributed by atoms with Crippen molar-refractivity contribution in [3.8, 4) is 6.07 Å². The SMILES string of the molecule is CCC(C#N)(CC)NC1CCCCC1. The Morgan fingerprint density at radius 3 is 2.21 bits per heavy atom. The predicted octanol–water partition coefficient (Wildman–Crippen LogP) is 2.99. The molecule has 1 saturated carbocycles. The van der Waals surface area contributed by atoms with E-state index in [1.165, 1.54) is 32.1 Å². The average molecular weight is 194 g/mol. The molecule has 0 saturated heterocycles. The first-order chi connectivity index (χ1) is 6.76. The monoisotopic (exact) mass is 194 g/mol. The van der Waals surface area contributed by atoms with Crippen LogP contribution in [-0.2, 0) is 0 Å². The van der Waals surface area contributed by atoms with E-state index in [0.717, 1.165) is 12.8 Å². The number of nitrogens with one attached hydrogen (secondary N) is 1. The van der Waals surface area contributed by atoms with Crippen molar-refractivity contribution in [2.75, 3.05) is 0 Å². The van der Waals surface area contributed by atoms with Gasteiger partial charge in [0.15, 0.2) is 0 Å². The highest BCUT2D eigenvalue weighted by Gasteiger charge is 2.28. The van der Waals surface area contributed by atoms with Crippen LogP contribution in [-0.4, -0.2) is 11.6 Å². The van der Waals surface area contributed by atoms with Gasteiger partial charge in [-0.3, -0.25) is 5.32 Å². The van der Waals surface area contributed by atoms with Gasteiger partial charge in [-0.2, -0.15) is 5.26 Å². The maximum Gasteiger partial charge on any atom is 0.106 e. The molecule has 0 heterocycles. The summed E-state index contributed by atoms with van der Waals surface area (Å²) in [5.74, 6) is 0. The van der Waals surface area contributed by atoms with Crippen LogP contribution in [0.3, 0.4) is 0 Å². The minimum absolute atomic E-state index is 0.262. The molecule has 0 unspecified atom stereocenters. The van der Waals surface area contributed by atoms with Crippen LogP contribution in [0.5, 0.6) is 0 Å². The highest BCUT2D eigenvalue weighted by Crippen LogP contribution is 2.22. The van der Waals surface area contributed by atoms with Crippen molar-refractivity contribution in [3.05, 3.63) is 0 Å². The predicted molar refractivity (Wildman–Crippen MR) is 58.9 cm³/mol. The van der Waals surface area contributed by atoms with Crippen LogP contribution in [0.25, 0.3) is 0 Å². The van der Waals surface area contributed by atoms with Gasteiger partial charge in [0.2, 0.25) is 0 Å². The standard InChI is InChI=1S/C12H22N2/c1-3-12(4-2,10-13)14-11-8-6-5-7-9-11/h11,14H,3-9H2,1-2H3. The van der Waals surface area contributed by atoms with Gasteiger partial charge in [0.25, 0.3) is 0 Å². The highest BCUT2D eigenvalue weighted by molar-refractivity contribution is 5.06. The van der Waals surface area contributed by atoms with Crippen molar-refractivity contribution in [1.29, 1.82) is 5.26 Å². The Morgan fingerprint density at radius 2 is 1.79 bits per heavy atom. The van der Waals surface area contributed by atoms with Crippen LogP contribution < -0.4 is 5.32 Å². The van der Waals surface area contributed by atoms with Gasteiger partial charge in [-0.05, 0) is 25.7 Å². The molecule has 0 amide bonds. The van der Waals surface area contributed by atoms with E-state index in [1.807, 2.05) is 0 Å². The molecule has 1 aliphatic rings. The van der Waals surface area contributed by atoms with Crippen molar-refractivity contribution in [2.45, 2.75) is 70.4 Å². The Kier molecular flexibility index (Phi) is 4.41. The number of rotatable bonds is 4. The third kappa shape index (κ3) is 2.72. The van der Waals surface area contributed by atoms with E-state index in [2.05, 4.69) is 25.2 Å². The molecule has 2 heteroatoms. The molecule has 1 rings (SSSR count).